The highest BCUT2D eigenvalue weighted by Gasteiger charge is 2.38. The molecule has 7 aromatic carbocycles. The van der Waals surface area contributed by atoms with E-state index in [9.17, 15) is 72.2 Å². The minimum Gasteiger partial charge on any atom is -0.478 e. The maximum Gasteiger partial charge on any atom is 0.416 e. The summed E-state index contributed by atoms with van der Waals surface area (Å²) < 4.78 is 204. The number of fused-ring (bicyclic) bond motifs is 3. The zero-order valence-corrected chi connectivity index (χ0v) is 76.3. The summed E-state index contributed by atoms with van der Waals surface area (Å²) in [5, 5.41) is 9.83. The fraction of sp³-hybridized carbons (Fsp3) is 0.394. The average molecular weight is 1900 g/mol. The van der Waals surface area contributed by atoms with Crippen LogP contribution >= 0.6 is 29.4 Å². The Balaban J connectivity index is 0.000000198. The van der Waals surface area contributed by atoms with Crippen molar-refractivity contribution < 1.29 is 114 Å². The van der Waals surface area contributed by atoms with Crippen molar-refractivity contribution in [3.05, 3.63) is 253 Å². The van der Waals surface area contributed by atoms with Gasteiger partial charge in [-0.25, -0.2) is 34.3 Å². The van der Waals surface area contributed by atoms with Crippen LogP contribution in [0.25, 0.3) is 45.8 Å². The van der Waals surface area contributed by atoms with Crippen LogP contribution in [-0.2, 0) is 112 Å². The molecular weight excluding hydrogens is 1800 g/mol. The van der Waals surface area contributed by atoms with E-state index in [2.05, 4.69) is 66.0 Å². The van der Waals surface area contributed by atoms with E-state index in [-0.39, 0.29) is 13.5 Å². The summed E-state index contributed by atoms with van der Waals surface area (Å²) in [6, 6.07) is 36.7. The van der Waals surface area contributed by atoms with Crippen molar-refractivity contribution in [1.82, 2.24) is 34.6 Å². The molecule has 3 aliphatic rings. The van der Waals surface area contributed by atoms with Gasteiger partial charge in [-0.3, -0.25) is 14.7 Å². The monoisotopic (exact) mass is 1900 g/mol. The van der Waals surface area contributed by atoms with Gasteiger partial charge in [0.15, 0.2) is 16.8 Å². The molecule has 7 heterocycles. The Morgan fingerprint density at radius 1 is 0.369 bits per heavy atom. The second-order valence-corrected chi connectivity index (χ2v) is 32.8. The number of aliphatic carboxylic acids is 1. The third-order valence-electron chi connectivity index (χ3n) is 21.5. The molecule has 3 aliphatic heterocycles. The molecule has 20 nitrogen and oxygen atoms in total. The Morgan fingerprint density at radius 3 is 0.808 bits per heavy atom. The first-order chi connectivity index (χ1) is 60.7. The summed E-state index contributed by atoms with van der Waals surface area (Å²) in [5.74, 6) is 3.91. The number of carbonyl (C=O) groups excluding carboxylic acids is 2. The van der Waals surface area contributed by atoms with Crippen molar-refractivity contribution in [3.8, 4) is 63.1 Å². The van der Waals surface area contributed by atoms with Crippen LogP contribution in [0.15, 0.2) is 169 Å². The van der Waals surface area contributed by atoms with Crippen LogP contribution in [0.2, 0.25) is 0 Å². The van der Waals surface area contributed by atoms with E-state index in [4.69, 9.17) is 41.4 Å². The van der Waals surface area contributed by atoms with Crippen molar-refractivity contribution in [2.75, 3.05) is 52.5 Å². The van der Waals surface area contributed by atoms with Gasteiger partial charge < -0.3 is 46.5 Å². The van der Waals surface area contributed by atoms with Gasteiger partial charge in [-0.1, -0.05) is 34.1 Å². The number of hydrogen-bond acceptors (Lipinski definition) is 19. The summed E-state index contributed by atoms with van der Waals surface area (Å²) in [6.07, 6.45) is -12.6. The molecule has 0 aliphatic carbocycles. The summed E-state index contributed by atoms with van der Waals surface area (Å²) in [7, 11) is 8.00. The molecule has 692 valence electrons. The van der Waals surface area contributed by atoms with Crippen LogP contribution < -0.4 is 14.2 Å². The third-order valence-corrected chi connectivity index (χ3v) is 22.0. The van der Waals surface area contributed by atoms with Gasteiger partial charge in [0.2, 0.25) is 23.6 Å². The number of carboxylic acids is 1. The molecule has 0 amide bonds. The number of hydrogen-bond donors (Lipinski definition) is 1. The molecule has 0 saturated carbocycles. The van der Waals surface area contributed by atoms with E-state index in [1.165, 1.54) is 90.2 Å². The smallest absolute Gasteiger partial charge is 0.416 e. The van der Waals surface area contributed by atoms with Gasteiger partial charge in [0.05, 0.1) is 83.2 Å². The average Bonchev–Trinajstić information content (AvgIpc) is 1.82. The lowest BCUT2D eigenvalue weighted by Crippen LogP contribution is -2.39. The third kappa shape index (κ3) is 27.7. The zero-order chi connectivity index (χ0) is 94.3. The highest BCUT2D eigenvalue weighted by Crippen LogP contribution is 2.39. The number of carboxylic acid groups (broad SMARTS) is 1. The normalized spacial score (nSPS) is 14.0. The van der Waals surface area contributed by atoms with E-state index in [1.54, 1.807) is 54.5 Å². The molecule has 0 bridgehead atoms. The fourth-order valence-electron chi connectivity index (χ4n) is 14.1. The molecule has 1 N–H and O–H groups in total. The summed E-state index contributed by atoms with van der Waals surface area (Å²) in [4.78, 5) is 60.0. The highest BCUT2D eigenvalue weighted by atomic mass is 79.9. The van der Waals surface area contributed by atoms with Gasteiger partial charge in [0, 0.05) is 77.0 Å². The Kier molecular flexibility index (Phi) is 34.8. The van der Waals surface area contributed by atoms with Crippen LogP contribution in [0.4, 0.5) is 52.7 Å². The van der Waals surface area contributed by atoms with Crippen LogP contribution in [0.5, 0.6) is 17.2 Å². The number of nitrogens with zero attached hydrogens (tertiary/aromatic N) is 7. The number of rotatable bonds is 22. The Bertz CT molecular complexity index is 5430. The molecule has 0 atom stereocenters. The lowest BCUT2D eigenvalue weighted by Gasteiger charge is -2.24. The number of ether oxygens (including phenoxy) is 5. The summed E-state index contributed by atoms with van der Waals surface area (Å²) >= 11 is 3.25. The SMILES string of the molecule is CCOC(=O)C(C)(C)Oc1ccc2c(c1)CCN(Cc1oc(-c3ccc(C(F)(F)F)cc3)nc1C)CC2.CCOC(=O)C(C)(C)Oc1ccc2c(c1)CCN(Cc1oc(-c3ccc(C(F)(F)F)cc3)nc1C)CC2.Cc1nc(-c2ccc(C(F)(F)F)cc2)oc1CBr.Cc1nc(-c2ccc(C(F)(F)F)cc2)oc1CN1CCc2ccc(OC(C)(C)C(=O)O)cc2CC1.S.[B][B]. The standard InChI is InChI=1S/2C28H31F3N2O4.C26H27F3N2O4.C12H9BrF3NO.B2.H2S/c2*1-5-35-26(34)27(3,4)37-23-11-8-19-12-14-33(15-13-21(19)16-23)17-24-18(2)32-25(36-24)20-6-9-22(10-7-20)28(29,30)31;1-16-22(34-23(30-16)18-4-7-20(8-5-18)26(27,28)29)15-31-12-10-17-6-9-21(14-19(17)11-13-31)35-25(2,3)24(32)33;1-7-10(6-13)18-11(17-7)8-2-4-9(5-3-8)12(14,15)16;1-2;/h2*6-11,16H,5,12-15,17H2,1-4H3;4-9,14H,10-13,15H2,1-3H3,(H,32,33);2-5H,6H2,1H3;;1H2. The lowest BCUT2D eigenvalue weighted by atomic mass is 9.81. The van der Waals surface area contributed by atoms with Gasteiger partial charge >= 0.3 is 42.6 Å². The van der Waals surface area contributed by atoms with Crippen molar-refractivity contribution in [2.24, 2.45) is 0 Å². The Morgan fingerprint density at radius 2 is 0.592 bits per heavy atom. The van der Waals surface area contributed by atoms with Gasteiger partial charge in [0.1, 0.15) is 40.3 Å². The number of oxazole rings is 4. The lowest BCUT2D eigenvalue weighted by molar-refractivity contribution is -0.159. The Labute approximate surface area is 763 Å². The minimum absolute atomic E-state index is 0. The Hall–Kier alpha value is -10.8. The first-order valence-electron chi connectivity index (χ1n) is 41.4. The van der Waals surface area contributed by atoms with Crippen molar-refractivity contribution >= 4 is 62.8 Å². The van der Waals surface area contributed by atoms with Crippen molar-refractivity contribution in [2.45, 2.75) is 188 Å². The number of aryl methyl sites for hydroxylation is 4. The van der Waals surface area contributed by atoms with E-state index in [0.29, 0.717) is 141 Å². The number of aromatic nitrogens is 4. The van der Waals surface area contributed by atoms with Gasteiger partial charge in [-0.05, 0) is 288 Å². The van der Waals surface area contributed by atoms with Crippen LogP contribution in [0.3, 0.4) is 0 Å². The van der Waals surface area contributed by atoms with E-state index in [0.717, 1.165) is 138 Å². The van der Waals surface area contributed by atoms with Crippen LogP contribution in [0, 0.1) is 27.7 Å². The molecule has 4 radical (unpaired) electrons. The zero-order valence-electron chi connectivity index (χ0n) is 73.7. The van der Waals surface area contributed by atoms with Crippen LogP contribution in [0.1, 0.15) is 157 Å². The van der Waals surface area contributed by atoms with Gasteiger partial charge in [-0.2, -0.15) is 66.2 Å². The molecule has 11 aromatic rings. The molecule has 4 aromatic heterocycles. The number of alkyl halides is 13. The van der Waals surface area contributed by atoms with Crippen LogP contribution in [-0.4, -0.2) is 142 Å². The molecule has 0 spiro atoms. The molecule has 130 heavy (non-hydrogen) atoms. The molecule has 0 saturated heterocycles. The number of esters is 2. The summed E-state index contributed by atoms with van der Waals surface area (Å²) in [6.45, 7) is 27.6. The van der Waals surface area contributed by atoms with E-state index < -0.39 is 81.7 Å². The predicted octanol–water partition coefficient (Wildman–Crippen LogP) is 21.4. The number of benzene rings is 7. The second kappa shape index (κ2) is 43.9. The van der Waals surface area contributed by atoms with Gasteiger partial charge in [-0.15, -0.1) is 0 Å². The number of halogens is 13. The fourth-order valence-corrected chi connectivity index (χ4v) is 14.6. The predicted molar refractivity (Wildman–Crippen MR) is 474 cm³/mol. The highest BCUT2D eigenvalue weighted by molar-refractivity contribution is 9.08. The molecule has 14 rings (SSSR count). The van der Waals surface area contributed by atoms with Crippen molar-refractivity contribution in [3.63, 3.8) is 0 Å². The maximum atomic E-state index is 12.9. The topological polar surface area (TPSA) is 231 Å². The van der Waals surface area contributed by atoms with E-state index >= 15 is 0 Å². The summed E-state index contributed by atoms with van der Waals surface area (Å²) in [5.41, 5.74) is 5.67. The molecule has 0 fully saturated rings. The largest absolute Gasteiger partial charge is 0.478 e. The van der Waals surface area contributed by atoms with Crippen molar-refractivity contribution in [1.29, 1.82) is 0 Å². The molecular formula is C94H100B2BrF12N7O13S. The molecule has 0 unspecified atom stereocenters. The minimum atomic E-state index is -4.39. The first kappa shape index (κ1) is 103. The second-order valence-electron chi connectivity index (χ2n) is 32.2. The maximum absolute atomic E-state index is 12.9. The molecule has 36 heteroatoms. The van der Waals surface area contributed by atoms with Gasteiger partial charge in [0.25, 0.3) is 0 Å². The number of carbonyl (C=O) groups is 3. The quantitative estimate of drug-likeness (QED) is 0.0288. The first-order valence-corrected chi connectivity index (χ1v) is 42.5. The van der Waals surface area contributed by atoms with E-state index in [1.807, 2.05) is 69.3 Å².